The van der Waals surface area contributed by atoms with E-state index in [1.165, 1.54) is 128 Å². The molecule has 17 nitrogen and oxygen atoms in total. The monoisotopic (exact) mass is 1480 g/mol. The Hall–Kier alpha value is -4.02. The number of phosphoric acid groups is 2. The molecule has 5 atom stereocenters. The maximum atomic E-state index is 13.1. The van der Waals surface area contributed by atoms with E-state index < -0.39 is 97.5 Å². The molecular weight excluding hydrogens is 1330 g/mol. The van der Waals surface area contributed by atoms with Crippen LogP contribution in [0, 0.1) is 0 Å². The van der Waals surface area contributed by atoms with Gasteiger partial charge in [-0.1, -0.05) is 305 Å². The number of hydrogen-bond donors (Lipinski definition) is 3. The lowest BCUT2D eigenvalue weighted by Crippen LogP contribution is -2.30. The standard InChI is InChI=1S/C83H146O17P2/c1-5-9-13-17-21-25-29-33-36-37-38-39-42-46-50-54-58-62-66-70-83(88)100-79(74-94-81(86)68-64-60-56-52-48-45-41-35-31-27-23-19-15-11-7-3)76-98-102(91,92)96-72-77(84)71-95-101(89,90)97-75-78(99-82(87)69-65-61-57-53-49-43-32-28-24-20-16-12-8-4)73-93-80(85)67-63-59-55-51-47-44-40-34-30-26-22-18-14-10-6-2/h9,13,21,25,33-36,38-41,46,50,58,62,77-79,84H,5-8,10-12,14-20,22-24,26-32,37,42-45,47-49,51-57,59-61,63-76H2,1-4H3,(H,89,90)(H,91,92)/b13-9-,25-21-,36-33-,39-38-,40-34-,41-35-,50-46-,62-58-/t77-,78+,79+/m0/s1. The first kappa shape index (κ1) is 98.0. The Labute approximate surface area is 620 Å². The van der Waals surface area contributed by atoms with Crippen molar-refractivity contribution in [3.05, 3.63) is 97.2 Å². The SMILES string of the molecule is CC/C=C\C/C=C\C/C=C\C/C=C\C/C=C\C/C=C\CCC(=O)O[C@H](COC(=O)CCCCCCC/C=C\CCCCCCCC)COP(=O)(O)OC[C@@H](O)COP(=O)(O)OC[C@@H](COC(=O)CCCCCCC/C=C\CCCCCCCC)OC(=O)CCCCCCCCCCCCCCC. The molecule has 0 bridgehead atoms. The molecule has 0 aliphatic heterocycles. The first-order chi connectivity index (χ1) is 49.7. The van der Waals surface area contributed by atoms with Crippen molar-refractivity contribution < 1.29 is 80.2 Å². The molecule has 0 radical (unpaired) electrons. The topological polar surface area (TPSA) is 237 Å². The van der Waals surface area contributed by atoms with Gasteiger partial charge in [-0.15, -0.1) is 0 Å². The van der Waals surface area contributed by atoms with Crippen LogP contribution in [0.25, 0.3) is 0 Å². The summed E-state index contributed by atoms with van der Waals surface area (Å²) in [4.78, 5) is 73.0. The number of hydrogen-bond acceptors (Lipinski definition) is 15. The van der Waals surface area contributed by atoms with Crippen LogP contribution in [0.1, 0.15) is 349 Å². The van der Waals surface area contributed by atoms with Gasteiger partial charge in [-0.25, -0.2) is 9.13 Å². The minimum Gasteiger partial charge on any atom is -0.462 e. The van der Waals surface area contributed by atoms with Crippen molar-refractivity contribution in [2.75, 3.05) is 39.6 Å². The van der Waals surface area contributed by atoms with Crippen LogP contribution < -0.4 is 0 Å². The molecule has 590 valence electrons. The maximum Gasteiger partial charge on any atom is 0.472 e. The summed E-state index contributed by atoms with van der Waals surface area (Å²) in [5, 5.41) is 10.6. The molecule has 0 saturated carbocycles. The van der Waals surface area contributed by atoms with Crippen molar-refractivity contribution in [3.8, 4) is 0 Å². The largest absolute Gasteiger partial charge is 0.472 e. The Morgan fingerprint density at radius 2 is 0.529 bits per heavy atom. The van der Waals surface area contributed by atoms with Crippen molar-refractivity contribution in [2.24, 2.45) is 0 Å². The maximum absolute atomic E-state index is 13.1. The Morgan fingerprint density at radius 1 is 0.284 bits per heavy atom. The van der Waals surface area contributed by atoms with Crippen molar-refractivity contribution in [3.63, 3.8) is 0 Å². The van der Waals surface area contributed by atoms with Gasteiger partial charge in [0.25, 0.3) is 0 Å². The van der Waals surface area contributed by atoms with Crippen molar-refractivity contribution >= 4 is 39.5 Å². The zero-order chi connectivity index (χ0) is 74.6. The summed E-state index contributed by atoms with van der Waals surface area (Å²) < 4.78 is 68.5. The van der Waals surface area contributed by atoms with E-state index >= 15 is 0 Å². The van der Waals surface area contributed by atoms with E-state index in [0.29, 0.717) is 32.1 Å². The molecule has 0 aromatic carbocycles. The van der Waals surface area contributed by atoms with Crippen LogP contribution in [0.5, 0.6) is 0 Å². The average molecular weight is 1480 g/mol. The number of allylic oxidation sites excluding steroid dienone is 16. The molecule has 0 aliphatic carbocycles. The number of aliphatic hydroxyl groups is 1. The van der Waals surface area contributed by atoms with E-state index in [0.717, 1.165) is 135 Å². The number of carbonyl (C=O) groups excluding carboxylic acids is 4. The second-order valence-corrected chi connectivity index (χ2v) is 29.9. The van der Waals surface area contributed by atoms with Crippen LogP contribution in [0.15, 0.2) is 97.2 Å². The second-order valence-electron chi connectivity index (χ2n) is 27.0. The lowest BCUT2D eigenvalue weighted by molar-refractivity contribution is -0.161. The van der Waals surface area contributed by atoms with E-state index in [1.807, 2.05) is 18.2 Å². The highest BCUT2D eigenvalue weighted by atomic mass is 31.2. The molecule has 0 heterocycles. The van der Waals surface area contributed by atoms with Gasteiger partial charge in [0.1, 0.15) is 19.3 Å². The van der Waals surface area contributed by atoms with E-state index in [1.54, 1.807) is 0 Å². The Balaban J connectivity index is 5.42. The summed E-state index contributed by atoms with van der Waals surface area (Å²) in [6.07, 6.45) is 79.7. The summed E-state index contributed by atoms with van der Waals surface area (Å²) >= 11 is 0. The molecule has 102 heavy (non-hydrogen) atoms. The van der Waals surface area contributed by atoms with Gasteiger partial charge >= 0.3 is 39.5 Å². The summed E-state index contributed by atoms with van der Waals surface area (Å²) in [5.41, 5.74) is 0. The highest BCUT2D eigenvalue weighted by Gasteiger charge is 2.30. The number of rotatable bonds is 76. The Kier molecular flexibility index (Phi) is 72.3. The van der Waals surface area contributed by atoms with E-state index in [2.05, 4.69) is 107 Å². The smallest absolute Gasteiger partial charge is 0.462 e. The van der Waals surface area contributed by atoms with Crippen LogP contribution in [0.2, 0.25) is 0 Å². The molecule has 0 aromatic rings. The number of unbranched alkanes of at least 4 members (excludes halogenated alkanes) is 34. The molecule has 0 spiro atoms. The predicted octanol–water partition coefficient (Wildman–Crippen LogP) is 23.6. The minimum atomic E-state index is -5.00. The van der Waals surface area contributed by atoms with Gasteiger partial charge in [0.2, 0.25) is 0 Å². The van der Waals surface area contributed by atoms with Gasteiger partial charge in [0.15, 0.2) is 12.2 Å². The fourth-order valence-corrected chi connectivity index (χ4v) is 12.5. The van der Waals surface area contributed by atoms with Crippen LogP contribution in [-0.4, -0.2) is 96.7 Å². The Morgan fingerprint density at radius 3 is 0.843 bits per heavy atom. The first-order valence-electron chi connectivity index (χ1n) is 40.5. The number of ether oxygens (including phenoxy) is 4. The van der Waals surface area contributed by atoms with Crippen molar-refractivity contribution in [2.45, 2.75) is 367 Å². The normalized spacial score (nSPS) is 14.4. The summed E-state index contributed by atoms with van der Waals surface area (Å²) in [6.45, 7) is 4.69. The quantitative estimate of drug-likeness (QED) is 0.0169. The third kappa shape index (κ3) is 74.3. The molecular formula is C83H146O17P2. The summed E-state index contributed by atoms with van der Waals surface area (Å²) in [5.74, 6) is -2.27. The van der Waals surface area contributed by atoms with Crippen LogP contribution in [0.4, 0.5) is 0 Å². The molecule has 0 fully saturated rings. The van der Waals surface area contributed by atoms with E-state index in [4.69, 9.17) is 37.0 Å². The second kappa shape index (κ2) is 75.2. The number of aliphatic hydroxyl groups excluding tert-OH is 1. The zero-order valence-electron chi connectivity index (χ0n) is 64.5. The van der Waals surface area contributed by atoms with Gasteiger partial charge in [0.05, 0.1) is 26.4 Å². The van der Waals surface area contributed by atoms with Crippen LogP contribution >= 0.6 is 15.6 Å². The first-order valence-corrected chi connectivity index (χ1v) is 43.5. The fraction of sp³-hybridized carbons (Fsp3) is 0.759. The third-order valence-electron chi connectivity index (χ3n) is 17.0. The lowest BCUT2D eigenvalue weighted by Gasteiger charge is -2.21. The molecule has 3 N–H and O–H groups in total. The third-order valence-corrected chi connectivity index (χ3v) is 18.9. The van der Waals surface area contributed by atoms with E-state index in [9.17, 15) is 43.2 Å². The van der Waals surface area contributed by atoms with Gasteiger partial charge < -0.3 is 33.8 Å². The van der Waals surface area contributed by atoms with Crippen molar-refractivity contribution in [1.82, 2.24) is 0 Å². The lowest BCUT2D eigenvalue weighted by atomic mass is 10.0. The van der Waals surface area contributed by atoms with Gasteiger partial charge in [-0.05, 0) is 116 Å². The predicted molar refractivity (Wildman–Crippen MR) is 418 cm³/mol. The number of carbonyl (C=O) groups is 4. The number of phosphoric ester groups is 2. The number of esters is 4. The highest BCUT2D eigenvalue weighted by molar-refractivity contribution is 7.47. The van der Waals surface area contributed by atoms with E-state index in [-0.39, 0.29) is 25.7 Å². The van der Waals surface area contributed by atoms with Gasteiger partial charge in [0, 0.05) is 25.7 Å². The zero-order valence-corrected chi connectivity index (χ0v) is 66.3. The molecule has 0 saturated heterocycles. The minimum absolute atomic E-state index is 0.0312. The van der Waals surface area contributed by atoms with Crippen LogP contribution in [-0.2, 0) is 65.4 Å². The average Bonchev–Trinajstić information content (AvgIpc) is 0.908. The molecule has 2 unspecified atom stereocenters. The van der Waals surface area contributed by atoms with Crippen LogP contribution in [0.3, 0.4) is 0 Å². The molecule has 0 aromatic heterocycles. The molecule has 0 aliphatic rings. The Bertz CT molecular complexity index is 2310. The van der Waals surface area contributed by atoms with Gasteiger partial charge in [-0.2, -0.15) is 0 Å². The molecule has 19 heteroatoms. The summed E-state index contributed by atoms with van der Waals surface area (Å²) in [6, 6.07) is 0. The van der Waals surface area contributed by atoms with Crippen molar-refractivity contribution in [1.29, 1.82) is 0 Å². The molecule has 0 rings (SSSR count). The fourth-order valence-electron chi connectivity index (χ4n) is 10.9. The van der Waals surface area contributed by atoms with Gasteiger partial charge in [-0.3, -0.25) is 37.3 Å². The molecule has 0 amide bonds. The summed E-state index contributed by atoms with van der Waals surface area (Å²) in [7, 11) is -9.98. The highest BCUT2D eigenvalue weighted by Crippen LogP contribution is 2.45.